The first-order valence-electron chi connectivity index (χ1n) is 5.69. The minimum atomic E-state index is -0.591. The molecule has 0 amide bonds. The van der Waals surface area contributed by atoms with Crippen LogP contribution in [0.25, 0.3) is 0 Å². The second kappa shape index (κ2) is 3.17. The van der Waals surface area contributed by atoms with Gasteiger partial charge in [-0.3, -0.25) is 0 Å². The van der Waals surface area contributed by atoms with Gasteiger partial charge in [-0.15, -0.1) is 0 Å². The zero-order chi connectivity index (χ0) is 11.6. The lowest BCUT2D eigenvalue weighted by molar-refractivity contribution is -0.319. The normalized spacial score (nSPS) is 48.8. The van der Waals surface area contributed by atoms with Crippen LogP contribution in [0.1, 0.15) is 27.7 Å². The first-order chi connectivity index (χ1) is 7.36. The minimum Gasteiger partial charge on any atom is -0.348 e. The standard InChI is InChI=1S/C11H18O5/c1-10(2)12-5-6-7(14-10)8-9(13-6)16-11(3,4)15-8/h6-9H,5H2,1-4H3/t6-,7?,8-,9-/m1/s1. The van der Waals surface area contributed by atoms with Gasteiger partial charge in [0.25, 0.3) is 0 Å². The van der Waals surface area contributed by atoms with Crippen molar-refractivity contribution in [1.82, 2.24) is 0 Å². The third-order valence-corrected chi connectivity index (χ3v) is 3.10. The molecule has 3 rings (SSSR count). The van der Waals surface area contributed by atoms with Gasteiger partial charge in [-0.25, -0.2) is 0 Å². The summed E-state index contributed by atoms with van der Waals surface area (Å²) in [5, 5.41) is 0. The summed E-state index contributed by atoms with van der Waals surface area (Å²) < 4.78 is 28.6. The molecule has 3 aliphatic heterocycles. The Morgan fingerprint density at radius 1 is 0.875 bits per heavy atom. The van der Waals surface area contributed by atoms with Crippen molar-refractivity contribution in [2.75, 3.05) is 6.61 Å². The van der Waals surface area contributed by atoms with Gasteiger partial charge in [-0.05, 0) is 27.7 Å². The summed E-state index contributed by atoms with van der Waals surface area (Å²) in [6.07, 6.45) is -0.666. The van der Waals surface area contributed by atoms with Crippen molar-refractivity contribution in [1.29, 1.82) is 0 Å². The highest BCUT2D eigenvalue weighted by Gasteiger charge is 2.58. The summed E-state index contributed by atoms with van der Waals surface area (Å²) >= 11 is 0. The summed E-state index contributed by atoms with van der Waals surface area (Å²) in [6, 6.07) is 0. The maximum atomic E-state index is 5.85. The Labute approximate surface area is 94.9 Å². The Hall–Kier alpha value is -0.200. The molecule has 5 heteroatoms. The molecule has 5 nitrogen and oxygen atoms in total. The molecular formula is C11H18O5. The van der Waals surface area contributed by atoms with E-state index in [4.69, 9.17) is 23.7 Å². The second-order valence-corrected chi connectivity index (χ2v) is 5.44. The van der Waals surface area contributed by atoms with Crippen LogP contribution >= 0.6 is 0 Å². The second-order valence-electron chi connectivity index (χ2n) is 5.44. The molecule has 3 aliphatic rings. The highest BCUT2D eigenvalue weighted by molar-refractivity contribution is 4.96. The molecule has 0 saturated carbocycles. The highest BCUT2D eigenvalue weighted by atomic mass is 16.9. The van der Waals surface area contributed by atoms with Gasteiger partial charge in [0, 0.05) is 0 Å². The van der Waals surface area contributed by atoms with E-state index in [2.05, 4.69) is 0 Å². The van der Waals surface area contributed by atoms with E-state index >= 15 is 0 Å². The Morgan fingerprint density at radius 3 is 2.31 bits per heavy atom. The molecule has 0 bridgehead atoms. The first-order valence-corrected chi connectivity index (χ1v) is 5.69. The largest absolute Gasteiger partial charge is 0.348 e. The van der Waals surface area contributed by atoms with Crippen LogP contribution in [0.4, 0.5) is 0 Å². The molecule has 4 atom stereocenters. The van der Waals surface area contributed by atoms with Crippen molar-refractivity contribution in [2.45, 2.75) is 63.9 Å². The predicted molar refractivity (Wildman–Crippen MR) is 53.6 cm³/mol. The van der Waals surface area contributed by atoms with Crippen molar-refractivity contribution in [2.24, 2.45) is 0 Å². The summed E-state index contributed by atoms with van der Waals surface area (Å²) in [5.41, 5.74) is 0. The molecule has 16 heavy (non-hydrogen) atoms. The van der Waals surface area contributed by atoms with Crippen LogP contribution in [-0.4, -0.2) is 42.8 Å². The number of fused-ring (bicyclic) bond motifs is 3. The lowest BCUT2D eigenvalue weighted by Crippen LogP contribution is -2.50. The first kappa shape index (κ1) is 10.9. The summed E-state index contributed by atoms with van der Waals surface area (Å²) in [4.78, 5) is 0. The smallest absolute Gasteiger partial charge is 0.190 e. The highest BCUT2D eigenvalue weighted by Crippen LogP contribution is 2.42. The minimum absolute atomic E-state index is 0.0841. The Balaban J connectivity index is 1.78. The molecule has 3 heterocycles. The maximum Gasteiger partial charge on any atom is 0.190 e. The van der Waals surface area contributed by atoms with Crippen LogP contribution in [0.5, 0.6) is 0 Å². The molecule has 0 aliphatic carbocycles. The van der Waals surface area contributed by atoms with E-state index in [-0.39, 0.29) is 24.6 Å². The van der Waals surface area contributed by atoms with Gasteiger partial charge < -0.3 is 23.7 Å². The van der Waals surface area contributed by atoms with Crippen molar-refractivity contribution >= 4 is 0 Å². The van der Waals surface area contributed by atoms with Gasteiger partial charge in [-0.2, -0.15) is 0 Å². The molecule has 0 radical (unpaired) electrons. The number of hydrogen-bond acceptors (Lipinski definition) is 5. The molecule has 92 valence electrons. The van der Waals surface area contributed by atoms with E-state index in [0.717, 1.165) is 0 Å². The van der Waals surface area contributed by atoms with Gasteiger partial charge >= 0.3 is 0 Å². The molecule has 0 aromatic carbocycles. The zero-order valence-corrected chi connectivity index (χ0v) is 10.1. The van der Waals surface area contributed by atoms with E-state index in [1.54, 1.807) is 0 Å². The van der Waals surface area contributed by atoms with E-state index < -0.39 is 11.6 Å². The number of ether oxygens (including phenoxy) is 5. The van der Waals surface area contributed by atoms with E-state index in [0.29, 0.717) is 6.61 Å². The van der Waals surface area contributed by atoms with E-state index in [1.165, 1.54) is 0 Å². The molecular weight excluding hydrogens is 212 g/mol. The fourth-order valence-electron chi connectivity index (χ4n) is 2.47. The van der Waals surface area contributed by atoms with Crippen molar-refractivity contribution < 1.29 is 23.7 Å². The molecule has 3 saturated heterocycles. The fourth-order valence-corrected chi connectivity index (χ4v) is 2.47. The van der Waals surface area contributed by atoms with Crippen LogP contribution in [0.15, 0.2) is 0 Å². The molecule has 0 aromatic heterocycles. The summed E-state index contributed by atoms with van der Waals surface area (Å²) in [5.74, 6) is -1.17. The van der Waals surface area contributed by atoms with Crippen molar-refractivity contribution in [3.8, 4) is 0 Å². The lowest BCUT2D eigenvalue weighted by Gasteiger charge is -2.38. The third kappa shape index (κ3) is 1.67. The average molecular weight is 230 g/mol. The molecule has 3 fully saturated rings. The van der Waals surface area contributed by atoms with Crippen LogP contribution in [0.2, 0.25) is 0 Å². The fraction of sp³-hybridized carbons (Fsp3) is 1.00. The van der Waals surface area contributed by atoms with Crippen molar-refractivity contribution in [3.63, 3.8) is 0 Å². The van der Waals surface area contributed by atoms with E-state index in [1.807, 2.05) is 27.7 Å². The SMILES string of the molecule is CC1(C)OC[C@H]2O[C@@H]3OC(C)(C)O[C@@H]3C2O1. The third-order valence-electron chi connectivity index (χ3n) is 3.10. The van der Waals surface area contributed by atoms with Crippen LogP contribution in [0, 0.1) is 0 Å². The Morgan fingerprint density at radius 2 is 1.56 bits per heavy atom. The lowest BCUT2D eigenvalue weighted by atomic mass is 10.1. The van der Waals surface area contributed by atoms with E-state index in [9.17, 15) is 0 Å². The topological polar surface area (TPSA) is 46.2 Å². The van der Waals surface area contributed by atoms with Crippen LogP contribution in [0.3, 0.4) is 0 Å². The average Bonchev–Trinajstić information content (AvgIpc) is 2.57. The molecule has 0 spiro atoms. The van der Waals surface area contributed by atoms with Gasteiger partial charge in [-0.1, -0.05) is 0 Å². The van der Waals surface area contributed by atoms with Gasteiger partial charge in [0.15, 0.2) is 17.9 Å². The molecule has 0 aromatic rings. The summed E-state index contributed by atoms with van der Waals surface area (Å²) in [7, 11) is 0. The molecule has 0 N–H and O–H groups in total. The molecule has 1 unspecified atom stereocenters. The van der Waals surface area contributed by atoms with Gasteiger partial charge in [0.2, 0.25) is 0 Å². The Kier molecular flexibility index (Phi) is 2.17. The van der Waals surface area contributed by atoms with Crippen LogP contribution in [-0.2, 0) is 23.7 Å². The quantitative estimate of drug-likeness (QED) is 0.621. The summed E-state index contributed by atoms with van der Waals surface area (Å²) in [6.45, 7) is 8.09. The number of hydrogen-bond donors (Lipinski definition) is 0. The maximum absolute atomic E-state index is 5.85. The van der Waals surface area contributed by atoms with Gasteiger partial charge in [0.05, 0.1) is 6.61 Å². The predicted octanol–water partition coefficient (Wildman–Crippen LogP) is 1.01. The van der Waals surface area contributed by atoms with Crippen LogP contribution < -0.4 is 0 Å². The Bertz CT molecular complexity index is 301. The van der Waals surface area contributed by atoms with Crippen molar-refractivity contribution in [3.05, 3.63) is 0 Å². The zero-order valence-electron chi connectivity index (χ0n) is 10.1. The monoisotopic (exact) mass is 230 g/mol. The van der Waals surface area contributed by atoms with Gasteiger partial charge in [0.1, 0.15) is 18.3 Å². The number of rotatable bonds is 0.